The minimum absolute atomic E-state index is 0.0201. The van der Waals surface area contributed by atoms with Gasteiger partial charge in [0, 0.05) is 17.0 Å². The second kappa shape index (κ2) is 7.25. The predicted octanol–water partition coefficient (Wildman–Crippen LogP) is 3.36. The SMILES string of the molecule is CC(C(=S)c1ccccn1)[C@H]1NC(=O)[C@@H]1[C@@](C)(O[SiH](C)C)C(C)(C)C. The first-order chi connectivity index (χ1) is 11.5. The molecular formula is C19H30N2O2SSi. The lowest BCUT2D eigenvalue weighted by Gasteiger charge is -2.55. The van der Waals surface area contributed by atoms with Crippen LogP contribution in [0.3, 0.4) is 0 Å². The maximum absolute atomic E-state index is 12.5. The normalized spacial score (nSPS) is 24.2. The van der Waals surface area contributed by atoms with Crippen LogP contribution in [-0.4, -0.2) is 36.4 Å². The van der Waals surface area contributed by atoms with Gasteiger partial charge in [-0.05, 0) is 37.6 Å². The van der Waals surface area contributed by atoms with Crippen LogP contribution in [0.1, 0.15) is 40.3 Å². The predicted molar refractivity (Wildman–Crippen MR) is 108 cm³/mol. The van der Waals surface area contributed by atoms with Crippen molar-refractivity contribution >= 4 is 32.0 Å². The van der Waals surface area contributed by atoms with Gasteiger partial charge in [-0.1, -0.05) is 46.0 Å². The molecule has 1 aliphatic heterocycles. The third kappa shape index (κ3) is 3.86. The van der Waals surface area contributed by atoms with Gasteiger partial charge in [-0.15, -0.1) is 0 Å². The van der Waals surface area contributed by atoms with Crippen LogP contribution in [-0.2, 0) is 9.22 Å². The molecule has 0 radical (unpaired) electrons. The van der Waals surface area contributed by atoms with E-state index in [4.69, 9.17) is 16.6 Å². The van der Waals surface area contributed by atoms with Gasteiger partial charge < -0.3 is 9.74 Å². The molecular weight excluding hydrogens is 348 g/mol. The van der Waals surface area contributed by atoms with Gasteiger partial charge in [-0.25, -0.2) is 0 Å². The molecule has 25 heavy (non-hydrogen) atoms. The first-order valence-corrected chi connectivity index (χ1v) is 12.1. The van der Waals surface area contributed by atoms with Gasteiger partial charge in [0.2, 0.25) is 5.91 Å². The molecule has 0 spiro atoms. The summed E-state index contributed by atoms with van der Waals surface area (Å²) >= 11 is 5.67. The van der Waals surface area contributed by atoms with Crippen molar-refractivity contribution in [1.29, 1.82) is 0 Å². The molecule has 0 saturated carbocycles. The molecule has 1 aromatic heterocycles. The zero-order chi connectivity index (χ0) is 19.0. The van der Waals surface area contributed by atoms with Crippen molar-refractivity contribution < 1.29 is 9.22 Å². The van der Waals surface area contributed by atoms with E-state index in [0.29, 0.717) is 0 Å². The summed E-state index contributed by atoms with van der Waals surface area (Å²) in [4.78, 5) is 17.7. The molecule has 1 fully saturated rings. The van der Waals surface area contributed by atoms with Gasteiger partial charge in [-0.2, -0.15) is 0 Å². The summed E-state index contributed by atoms with van der Waals surface area (Å²) in [5, 5.41) is 3.08. The topological polar surface area (TPSA) is 51.2 Å². The van der Waals surface area contributed by atoms with Gasteiger partial charge in [-0.3, -0.25) is 9.78 Å². The molecule has 6 heteroatoms. The molecule has 1 saturated heterocycles. The maximum atomic E-state index is 12.5. The van der Waals surface area contributed by atoms with Crippen LogP contribution in [0.25, 0.3) is 0 Å². The third-order valence-electron chi connectivity index (χ3n) is 5.38. The van der Waals surface area contributed by atoms with E-state index in [1.807, 2.05) is 18.2 Å². The van der Waals surface area contributed by atoms with Crippen LogP contribution in [0.2, 0.25) is 13.1 Å². The zero-order valence-corrected chi connectivity index (χ0v) is 18.3. The van der Waals surface area contributed by atoms with Crippen molar-refractivity contribution in [3.63, 3.8) is 0 Å². The molecule has 2 rings (SSSR count). The maximum Gasteiger partial charge on any atom is 0.228 e. The molecule has 4 atom stereocenters. The number of aromatic nitrogens is 1. The van der Waals surface area contributed by atoms with E-state index in [1.54, 1.807) is 6.20 Å². The van der Waals surface area contributed by atoms with E-state index in [1.165, 1.54) is 0 Å². The van der Waals surface area contributed by atoms with Crippen molar-refractivity contribution in [2.75, 3.05) is 0 Å². The quantitative estimate of drug-likeness (QED) is 0.357. The number of carbonyl (C=O) groups excluding carboxylic acids is 1. The first-order valence-electron chi connectivity index (χ1n) is 8.92. The van der Waals surface area contributed by atoms with E-state index >= 15 is 0 Å². The lowest BCUT2D eigenvalue weighted by molar-refractivity contribution is -0.160. The minimum atomic E-state index is -1.33. The average Bonchev–Trinajstić information content (AvgIpc) is 2.50. The second-order valence-corrected chi connectivity index (χ2v) is 11.2. The number of hydrogen-bond donors (Lipinski definition) is 1. The number of hydrogen-bond acceptors (Lipinski definition) is 4. The molecule has 4 nitrogen and oxygen atoms in total. The smallest absolute Gasteiger partial charge is 0.228 e. The van der Waals surface area contributed by atoms with Gasteiger partial charge in [0.15, 0.2) is 9.04 Å². The van der Waals surface area contributed by atoms with Crippen LogP contribution in [0.5, 0.6) is 0 Å². The summed E-state index contributed by atoms with van der Waals surface area (Å²) < 4.78 is 6.46. The summed E-state index contributed by atoms with van der Waals surface area (Å²) in [6.45, 7) is 14.9. The molecule has 0 bridgehead atoms. The standard InChI is InChI=1S/C19H30N2O2SSi/c1-12(16(24)13-10-8-9-11-20-13)15-14(17(22)21-15)19(5,18(2,3)4)23-25(6)7/h8-12,14-15,25H,1-7H3,(H,21,22)/t12?,14-,15-,19-/m1/s1. The Morgan fingerprint density at radius 2 is 1.96 bits per heavy atom. The number of nitrogens with zero attached hydrogens (tertiary/aromatic N) is 1. The fraction of sp³-hybridized carbons (Fsp3) is 0.632. The van der Waals surface area contributed by atoms with Crippen LogP contribution in [0.15, 0.2) is 24.4 Å². The molecule has 1 unspecified atom stereocenters. The van der Waals surface area contributed by atoms with E-state index in [2.05, 4.69) is 58.0 Å². The molecule has 138 valence electrons. The van der Waals surface area contributed by atoms with Crippen molar-refractivity contribution in [3.8, 4) is 0 Å². The Hall–Kier alpha value is -1.11. The van der Waals surface area contributed by atoms with E-state index in [-0.39, 0.29) is 29.2 Å². The summed E-state index contributed by atoms with van der Waals surface area (Å²) in [5.41, 5.74) is 0.132. The Bertz CT molecular complexity index is 645. The van der Waals surface area contributed by atoms with E-state index in [0.717, 1.165) is 10.6 Å². The molecule has 1 aliphatic rings. The number of rotatable bonds is 6. The van der Waals surface area contributed by atoms with Gasteiger partial charge in [0.1, 0.15) is 0 Å². The summed E-state index contributed by atoms with van der Waals surface area (Å²) in [6, 6.07) is 5.71. The molecule has 0 aliphatic carbocycles. The highest BCUT2D eigenvalue weighted by atomic mass is 32.1. The monoisotopic (exact) mass is 378 g/mol. The van der Waals surface area contributed by atoms with Crippen LogP contribution >= 0.6 is 12.2 Å². The Labute approximate surface area is 158 Å². The summed E-state index contributed by atoms with van der Waals surface area (Å²) in [6.07, 6.45) is 1.75. The number of amides is 1. The fourth-order valence-corrected chi connectivity index (χ4v) is 5.27. The fourth-order valence-electron chi connectivity index (χ4n) is 3.52. The lowest BCUT2D eigenvalue weighted by Crippen LogP contribution is -2.72. The molecule has 1 amide bonds. The summed E-state index contributed by atoms with van der Waals surface area (Å²) in [7, 11) is -1.33. The number of β-lactam (4-membered cyclic amide) rings is 1. The highest BCUT2D eigenvalue weighted by Gasteiger charge is 2.58. The van der Waals surface area contributed by atoms with Gasteiger partial charge in [0.05, 0.1) is 23.3 Å². The number of carbonyl (C=O) groups is 1. The average molecular weight is 379 g/mol. The lowest BCUT2D eigenvalue weighted by atomic mass is 9.62. The van der Waals surface area contributed by atoms with E-state index in [9.17, 15) is 4.79 Å². The van der Waals surface area contributed by atoms with Crippen molar-refractivity contribution in [3.05, 3.63) is 30.1 Å². The van der Waals surface area contributed by atoms with Gasteiger partial charge in [0.25, 0.3) is 0 Å². The van der Waals surface area contributed by atoms with Crippen molar-refractivity contribution in [2.24, 2.45) is 17.3 Å². The largest absolute Gasteiger partial charge is 0.414 e. The van der Waals surface area contributed by atoms with Crippen LogP contribution in [0.4, 0.5) is 0 Å². The second-order valence-electron chi connectivity index (χ2n) is 8.40. The van der Waals surface area contributed by atoms with Crippen LogP contribution in [0, 0.1) is 17.3 Å². The van der Waals surface area contributed by atoms with Crippen molar-refractivity contribution in [1.82, 2.24) is 10.3 Å². The minimum Gasteiger partial charge on any atom is -0.414 e. The molecule has 1 aromatic rings. The molecule has 0 aromatic carbocycles. The summed E-state index contributed by atoms with van der Waals surface area (Å²) in [5.74, 6) is -0.126. The zero-order valence-electron chi connectivity index (χ0n) is 16.3. The number of nitrogens with one attached hydrogen (secondary N) is 1. The molecule has 2 heterocycles. The highest BCUT2D eigenvalue weighted by Crippen LogP contribution is 2.46. The number of pyridine rings is 1. The molecule has 1 N–H and O–H groups in total. The highest BCUT2D eigenvalue weighted by molar-refractivity contribution is 7.80. The van der Waals surface area contributed by atoms with Gasteiger partial charge >= 0.3 is 0 Å². The Morgan fingerprint density at radius 1 is 1.32 bits per heavy atom. The Morgan fingerprint density at radius 3 is 2.40 bits per heavy atom. The Kier molecular flexibility index (Phi) is 5.86. The number of thiocarbonyl (C=S) groups is 1. The van der Waals surface area contributed by atoms with Crippen LogP contribution < -0.4 is 5.32 Å². The Balaban J connectivity index is 2.30. The third-order valence-corrected chi connectivity index (χ3v) is 6.93. The first kappa shape index (κ1) is 20.2. The van der Waals surface area contributed by atoms with Crippen molar-refractivity contribution in [2.45, 2.75) is 59.4 Å². The van der Waals surface area contributed by atoms with E-state index < -0.39 is 14.6 Å².